The van der Waals surface area contributed by atoms with Gasteiger partial charge in [0.15, 0.2) is 0 Å². The van der Waals surface area contributed by atoms with Gasteiger partial charge in [-0.05, 0) is 35.7 Å². The predicted molar refractivity (Wildman–Crippen MR) is 74.2 cm³/mol. The molecule has 0 fully saturated rings. The zero-order chi connectivity index (χ0) is 12.8. The summed E-state index contributed by atoms with van der Waals surface area (Å²) in [7, 11) is 0. The molecule has 0 radical (unpaired) electrons. The minimum Gasteiger partial charge on any atom is -0.490 e. The number of ether oxygens (including phenoxy) is 2. The minimum atomic E-state index is -0.301. The van der Waals surface area contributed by atoms with Crippen LogP contribution in [0.1, 0.15) is 9.67 Å². The van der Waals surface area contributed by atoms with Crippen LogP contribution in [0.4, 0.5) is 0 Å². The summed E-state index contributed by atoms with van der Waals surface area (Å²) < 4.78 is 11.5. The SMILES string of the molecule is O=C(OCCOc1ccc(Br)cc1)c1cccs1. The summed E-state index contributed by atoms with van der Waals surface area (Å²) in [6.07, 6.45) is 0. The summed E-state index contributed by atoms with van der Waals surface area (Å²) in [5, 5.41) is 1.84. The molecule has 0 aliphatic rings. The number of rotatable bonds is 5. The Balaban J connectivity index is 1.70. The Kier molecular flexibility index (Phi) is 4.78. The van der Waals surface area contributed by atoms with Crippen molar-refractivity contribution < 1.29 is 14.3 Å². The lowest BCUT2D eigenvalue weighted by molar-refractivity contribution is 0.0456. The normalized spacial score (nSPS) is 10.1. The van der Waals surface area contributed by atoms with Crippen LogP contribution in [0.15, 0.2) is 46.3 Å². The number of hydrogen-bond donors (Lipinski definition) is 0. The van der Waals surface area contributed by atoms with E-state index in [0.29, 0.717) is 11.5 Å². The van der Waals surface area contributed by atoms with Gasteiger partial charge in [0.1, 0.15) is 23.8 Å². The van der Waals surface area contributed by atoms with E-state index in [2.05, 4.69) is 15.9 Å². The van der Waals surface area contributed by atoms with Gasteiger partial charge in [-0.25, -0.2) is 4.79 Å². The van der Waals surface area contributed by atoms with Gasteiger partial charge in [-0.2, -0.15) is 0 Å². The molecule has 0 atom stereocenters. The molecule has 0 amide bonds. The molecule has 0 bridgehead atoms. The second kappa shape index (κ2) is 6.56. The van der Waals surface area contributed by atoms with Crippen LogP contribution in [-0.4, -0.2) is 19.2 Å². The molecule has 0 aliphatic carbocycles. The molecule has 0 saturated heterocycles. The molecule has 1 aromatic heterocycles. The summed E-state index contributed by atoms with van der Waals surface area (Å²) in [6.45, 7) is 0.589. The maximum absolute atomic E-state index is 11.5. The summed E-state index contributed by atoms with van der Waals surface area (Å²) >= 11 is 4.71. The predicted octanol–water partition coefficient (Wildman–Crippen LogP) is 3.75. The van der Waals surface area contributed by atoms with E-state index in [1.54, 1.807) is 6.07 Å². The van der Waals surface area contributed by atoms with Gasteiger partial charge in [-0.15, -0.1) is 11.3 Å². The molecular weight excluding hydrogens is 316 g/mol. The van der Waals surface area contributed by atoms with Crippen molar-refractivity contribution in [3.05, 3.63) is 51.1 Å². The van der Waals surface area contributed by atoms with Crippen LogP contribution in [0.2, 0.25) is 0 Å². The lowest BCUT2D eigenvalue weighted by Crippen LogP contribution is -2.11. The highest BCUT2D eigenvalue weighted by atomic mass is 79.9. The molecular formula is C13H11BrO3S. The first-order valence-corrected chi connectivity index (χ1v) is 7.02. The van der Waals surface area contributed by atoms with E-state index in [-0.39, 0.29) is 12.6 Å². The number of esters is 1. The van der Waals surface area contributed by atoms with Crippen molar-refractivity contribution >= 4 is 33.2 Å². The maximum atomic E-state index is 11.5. The van der Waals surface area contributed by atoms with Crippen LogP contribution in [0, 0.1) is 0 Å². The topological polar surface area (TPSA) is 35.5 Å². The lowest BCUT2D eigenvalue weighted by atomic mass is 10.3. The monoisotopic (exact) mass is 326 g/mol. The van der Waals surface area contributed by atoms with Crippen LogP contribution >= 0.6 is 27.3 Å². The molecule has 0 saturated carbocycles. The second-order valence-corrected chi connectivity index (χ2v) is 5.28. The van der Waals surface area contributed by atoms with Gasteiger partial charge >= 0.3 is 5.97 Å². The van der Waals surface area contributed by atoms with Gasteiger partial charge in [0.05, 0.1) is 0 Å². The van der Waals surface area contributed by atoms with E-state index in [1.807, 2.05) is 35.7 Å². The van der Waals surface area contributed by atoms with Crippen molar-refractivity contribution in [1.29, 1.82) is 0 Å². The van der Waals surface area contributed by atoms with Crippen LogP contribution in [0.5, 0.6) is 5.75 Å². The fourth-order valence-corrected chi connectivity index (χ4v) is 2.17. The Morgan fingerprint density at radius 1 is 1.17 bits per heavy atom. The molecule has 5 heteroatoms. The molecule has 0 unspecified atom stereocenters. The number of thiophene rings is 1. The van der Waals surface area contributed by atoms with Crippen molar-refractivity contribution in [1.82, 2.24) is 0 Å². The van der Waals surface area contributed by atoms with Crippen LogP contribution < -0.4 is 4.74 Å². The number of carbonyl (C=O) groups excluding carboxylic acids is 1. The van der Waals surface area contributed by atoms with Crippen LogP contribution in [0.25, 0.3) is 0 Å². The molecule has 18 heavy (non-hydrogen) atoms. The standard InChI is InChI=1S/C13H11BrO3S/c14-10-3-5-11(6-4-10)16-7-8-17-13(15)12-2-1-9-18-12/h1-6,9H,7-8H2. The highest BCUT2D eigenvalue weighted by molar-refractivity contribution is 9.10. The maximum Gasteiger partial charge on any atom is 0.348 e. The highest BCUT2D eigenvalue weighted by Crippen LogP contribution is 2.16. The van der Waals surface area contributed by atoms with Gasteiger partial charge in [-0.1, -0.05) is 22.0 Å². The zero-order valence-corrected chi connectivity index (χ0v) is 11.9. The molecule has 1 aromatic carbocycles. The molecule has 3 nitrogen and oxygen atoms in total. The van der Waals surface area contributed by atoms with Crippen molar-refractivity contribution in [3.8, 4) is 5.75 Å². The second-order valence-electron chi connectivity index (χ2n) is 3.42. The number of benzene rings is 1. The summed E-state index contributed by atoms with van der Waals surface area (Å²) in [5.74, 6) is 0.453. The lowest BCUT2D eigenvalue weighted by Gasteiger charge is -2.06. The minimum absolute atomic E-state index is 0.243. The first kappa shape index (κ1) is 13.1. The summed E-state index contributed by atoms with van der Waals surface area (Å²) in [4.78, 5) is 12.1. The van der Waals surface area contributed by atoms with E-state index < -0.39 is 0 Å². The Morgan fingerprint density at radius 3 is 2.61 bits per heavy atom. The van der Waals surface area contributed by atoms with E-state index >= 15 is 0 Å². The van der Waals surface area contributed by atoms with E-state index in [9.17, 15) is 4.79 Å². The van der Waals surface area contributed by atoms with Crippen LogP contribution in [0.3, 0.4) is 0 Å². The number of carbonyl (C=O) groups is 1. The van der Waals surface area contributed by atoms with Gasteiger partial charge in [0, 0.05) is 4.47 Å². The van der Waals surface area contributed by atoms with E-state index in [4.69, 9.17) is 9.47 Å². The molecule has 0 spiro atoms. The third-order valence-corrected chi connectivity index (χ3v) is 3.50. The van der Waals surface area contributed by atoms with Crippen molar-refractivity contribution in [3.63, 3.8) is 0 Å². The molecule has 1 heterocycles. The van der Waals surface area contributed by atoms with Crippen LogP contribution in [-0.2, 0) is 4.74 Å². The third-order valence-electron chi connectivity index (χ3n) is 2.12. The largest absolute Gasteiger partial charge is 0.490 e. The molecule has 2 rings (SSSR count). The van der Waals surface area contributed by atoms with E-state index in [1.165, 1.54) is 11.3 Å². The molecule has 0 N–H and O–H groups in total. The zero-order valence-electron chi connectivity index (χ0n) is 9.47. The van der Waals surface area contributed by atoms with Crippen molar-refractivity contribution in [2.75, 3.05) is 13.2 Å². The van der Waals surface area contributed by atoms with Gasteiger partial charge < -0.3 is 9.47 Å². The quantitative estimate of drug-likeness (QED) is 0.620. The first-order valence-electron chi connectivity index (χ1n) is 5.35. The smallest absolute Gasteiger partial charge is 0.348 e. The summed E-state index contributed by atoms with van der Waals surface area (Å²) in [6, 6.07) is 11.1. The Morgan fingerprint density at radius 2 is 1.94 bits per heavy atom. The Labute approximate surface area is 117 Å². The van der Waals surface area contributed by atoms with Crippen molar-refractivity contribution in [2.45, 2.75) is 0 Å². The highest BCUT2D eigenvalue weighted by Gasteiger charge is 2.07. The van der Waals surface area contributed by atoms with E-state index in [0.717, 1.165) is 10.2 Å². The Hall–Kier alpha value is -1.33. The summed E-state index contributed by atoms with van der Waals surface area (Å²) in [5.41, 5.74) is 0. The molecule has 0 aliphatic heterocycles. The van der Waals surface area contributed by atoms with Gasteiger partial charge in [-0.3, -0.25) is 0 Å². The third kappa shape index (κ3) is 3.85. The van der Waals surface area contributed by atoms with Gasteiger partial charge in [0.25, 0.3) is 0 Å². The van der Waals surface area contributed by atoms with Crippen molar-refractivity contribution in [2.24, 2.45) is 0 Å². The number of halogens is 1. The van der Waals surface area contributed by atoms with Gasteiger partial charge in [0.2, 0.25) is 0 Å². The average Bonchev–Trinajstić information content (AvgIpc) is 2.90. The first-order chi connectivity index (χ1) is 8.75. The average molecular weight is 327 g/mol. The fourth-order valence-electron chi connectivity index (χ4n) is 1.29. The number of hydrogen-bond acceptors (Lipinski definition) is 4. The molecule has 2 aromatic rings. The molecule has 94 valence electrons. The fraction of sp³-hybridized carbons (Fsp3) is 0.154. The Bertz CT molecular complexity index is 493.